The zero-order valence-corrected chi connectivity index (χ0v) is 18.4. The molecule has 0 unspecified atom stereocenters. The van der Waals surface area contributed by atoms with Crippen molar-refractivity contribution in [2.75, 3.05) is 52.4 Å². The molecule has 2 N–H and O–H groups in total. The van der Waals surface area contributed by atoms with E-state index in [1.807, 2.05) is 6.92 Å². The highest BCUT2D eigenvalue weighted by molar-refractivity contribution is 7.89. The van der Waals surface area contributed by atoms with Gasteiger partial charge < -0.3 is 15.1 Å². The summed E-state index contributed by atoms with van der Waals surface area (Å²) in [6.45, 7) is 9.95. The Labute approximate surface area is 173 Å². The summed E-state index contributed by atoms with van der Waals surface area (Å²) in [4.78, 5) is 27.8. The molecule has 8 nitrogen and oxygen atoms in total. The molecule has 2 rings (SSSR count). The molecule has 1 heterocycles. The molecule has 0 aliphatic carbocycles. The van der Waals surface area contributed by atoms with Crippen LogP contribution in [0.4, 0.5) is 0 Å². The molecule has 1 aliphatic heterocycles. The fraction of sp³-hybridized carbons (Fsp3) is 0.600. The van der Waals surface area contributed by atoms with Gasteiger partial charge in [0.25, 0.3) is 11.8 Å². The molecule has 162 valence electrons. The third kappa shape index (κ3) is 6.01. The van der Waals surface area contributed by atoms with Crippen LogP contribution in [0.1, 0.15) is 37.6 Å². The van der Waals surface area contributed by atoms with Crippen molar-refractivity contribution < 1.29 is 22.9 Å². The van der Waals surface area contributed by atoms with Gasteiger partial charge in [-0.25, -0.2) is 8.42 Å². The first-order chi connectivity index (χ1) is 13.8. The van der Waals surface area contributed by atoms with Crippen molar-refractivity contribution in [1.29, 1.82) is 0 Å². The number of quaternary nitrogens is 1. The van der Waals surface area contributed by atoms with Gasteiger partial charge in [-0.15, -0.1) is 0 Å². The molecule has 1 aromatic carbocycles. The highest BCUT2D eigenvalue weighted by Crippen LogP contribution is 2.18. The average molecular weight is 426 g/mol. The predicted molar refractivity (Wildman–Crippen MR) is 111 cm³/mol. The first-order valence-corrected chi connectivity index (χ1v) is 11.8. The van der Waals surface area contributed by atoms with E-state index < -0.39 is 10.0 Å². The number of carbonyl (C=O) groups excluding carboxylic acids is 2. The van der Waals surface area contributed by atoms with Crippen LogP contribution in [0, 0.1) is 0 Å². The topological polar surface area (TPSA) is 91.2 Å². The van der Waals surface area contributed by atoms with Crippen molar-refractivity contribution in [2.45, 2.75) is 32.1 Å². The van der Waals surface area contributed by atoms with Crippen molar-refractivity contribution in [3.05, 3.63) is 29.8 Å². The number of rotatable bonds is 9. The van der Waals surface area contributed by atoms with Crippen LogP contribution in [0.3, 0.4) is 0 Å². The molecular formula is C20H33N4O4S+. The van der Waals surface area contributed by atoms with Crippen molar-refractivity contribution in [3.63, 3.8) is 0 Å². The van der Waals surface area contributed by atoms with Crippen molar-refractivity contribution >= 4 is 21.8 Å². The highest BCUT2D eigenvalue weighted by Gasteiger charge is 2.27. The van der Waals surface area contributed by atoms with E-state index in [-0.39, 0.29) is 16.7 Å². The largest absolute Gasteiger partial charge is 0.351 e. The van der Waals surface area contributed by atoms with Crippen molar-refractivity contribution in [1.82, 2.24) is 14.5 Å². The van der Waals surface area contributed by atoms with E-state index in [4.69, 9.17) is 0 Å². The minimum absolute atomic E-state index is 0.0379. The predicted octanol–water partition coefficient (Wildman–Crippen LogP) is -0.416. The number of hydrogen-bond acceptors (Lipinski definition) is 4. The summed E-state index contributed by atoms with van der Waals surface area (Å²) >= 11 is 0. The van der Waals surface area contributed by atoms with Gasteiger partial charge in [0.2, 0.25) is 10.0 Å². The monoisotopic (exact) mass is 425 g/mol. The second-order valence-electron chi connectivity index (χ2n) is 7.19. The quantitative estimate of drug-likeness (QED) is 0.562. The number of carbonyl (C=O) groups is 2. The van der Waals surface area contributed by atoms with Crippen LogP contribution in [0.15, 0.2) is 29.2 Å². The van der Waals surface area contributed by atoms with Gasteiger partial charge in [-0.1, -0.05) is 26.8 Å². The van der Waals surface area contributed by atoms with Crippen LogP contribution in [0.5, 0.6) is 0 Å². The van der Waals surface area contributed by atoms with Crippen molar-refractivity contribution in [2.24, 2.45) is 0 Å². The van der Waals surface area contributed by atoms with Crippen LogP contribution in [0.25, 0.3) is 0 Å². The summed E-state index contributed by atoms with van der Waals surface area (Å²) in [6, 6.07) is 6.26. The van der Waals surface area contributed by atoms with Gasteiger partial charge in [-0.05, 0) is 24.6 Å². The number of piperazine rings is 1. The number of nitrogens with zero attached hydrogens (tertiary/aromatic N) is 2. The smallest absolute Gasteiger partial charge is 0.275 e. The molecule has 1 aromatic rings. The summed E-state index contributed by atoms with van der Waals surface area (Å²) in [6.07, 6.45) is 0.909. The molecule has 29 heavy (non-hydrogen) atoms. The molecule has 0 spiro atoms. The van der Waals surface area contributed by atoms with E-state index in [2.05, 4.69) is 5.32 Å². The van der Waals surface area contributed by atoms with Gasteiger partial charge in [0.1, 0.15) is 0 Å². The third-order valence-electron chi connectivity index (χ3n) is 5.16. The molecule has 0 saturated carbocycles. The molecular weight excluding hydrogens is 392 g/mol. The van der Waals surface area contributed by atoms with E-state index in [0.29, 0.717) is 57.9 Å². The van der Waals surface area contributed by atoms with E-state index in [9.17, 15) is 18.0 Å². The number of amides is 2. The maximum atomic E-state index is 12.9. The van der Waals surface area contributed by atoms with Gasteiger partial charge in [0.05, 0.1) is 31.1 Å². The van der Waals surface area contributed by atoms with Crippen LogP contribution < -0.4 is 10.2 Å². The van der Waals surface area contributed by atoms with Gasteiger partial charge >= 0.3 is 0 Å². The van der Waals surface area contributed by atoms with Crippen LogP contribution in [-0.4, -0.2) is 81.8 Å². The fourth-order valence-electron chi connectivity index (χ4n) is 3.44. The number of benzene rings is 1. The van der Waals surface area contributed by atoms with Crippen LogP contribution in [0.2, 0.25) is 0 Å². The standard InChI is InChI=1S/C20H32N4O4S/c1-4-10-21-19(25)16-22-11-13-23(14-12-22)20(26)17-8-7-9-18(15-17)29(27,28)24(5-2)6-3/h7-9,15H,4-6,10-14,16H2,1-3H3,(H,21,25)/p+1. The molecule has 1 fully saturated rings. The van der Waals surface area contributed by atoms with Gasteiger partial charge in [0.15, 0.2) is 6.54 Å². The second-order valence-corrected chi connectivity index (χ2v) is 9.12. The molecule has 0 atom stereocenters. The highest BCUT2D eigenvalue weighted by atomic mass is 32.2. The first-order valence-electron chi connectivity index (χ1n) is 10.3. The molecule has 0 bridgehead atoms. The zero-order valence-electron chi connectivity index (χ0n) is 17.6. The van der Waals surface area contributed by atoms with Gasteiger partial charge in [-0.3, -0.25) is 9.59 Å². The Kier molecular flexibility index (Phi) is 8.60. The number of hydrogen-bond donors (Lipinski definition) is 2. The number of sulfonamides is 1. The summed E-state index contributed by atoms with van der Waals surface area (Å²) in [5, 5.41) is 2.88. The molecule has 0 aromatic heterocycles. The lowest BCUT2D eigenvalue weighted by molar-refractivity contribution is -0.896. The fourth-order valence-corrected chi connectivity index (χ4v) is 4.95. The second kappa shape index (κ2) is 10.7. The minimum Gasteiger partial charge on any atom is -0.351 e. The Bertz CT molecular complexity index is 800. The summed E-state index contributed by atoms with van der Waals surface area (Å²) in [5.41, 5.74) is 0.377. The minimum atomic E-state index is -3.60. The Hall–Kier alpha value is -1.97. The molecule has 2 amide bonds. The van der Waals surface area contributed by atoms with Crippen LogP contribution >= 0.6 is 0 Å². The lowest BCUT2D eigenvalue weighted by Gasteiger charge is -2.32. The third-order valence-corrected chi connectivity index (χ3v) is 7.21. The molecule has 0 radical (unpaired) electrons. The maximum Gasteiger partial charge on any atom is 0.275 e. The Morgan fingerprint density at radius 2 is 1.79 bits per heavy atom. The zero-order chi connectivity index (χ0) is 21.4. The summed E-state index contributed by atoms with van der Waals surface area (Å²) < 4.78 is 26.8. The Balaban J connectivity index is 2.01. The van der Waals surface area contributed by atoms with Crippen LogP contribution in [-0.2, 0) is 14.8 Å². The van der Waals surface area contributed by atoms with E-state index in [0.717, 1.165) is 11.3 Å². The lowest BCUT2D eigenvalue weighted by atomic mass is 10.2. The van der Waals surface area contributed by atoms with E-state index >= 15 is 0 Å². The normalized spacial score (nSPS) is 15.5. The molecule has 9 heteroatoms. The average Bonchev–Trinajstić information content (AvgIpc) is 2.73. The Morgan fingerprint density at radius 3 is 2.38 bits per heavy atom. The van der Waals surface area contributed by atoms with Crippen molar-refractivity contribution in [3.8, 4) is 0 Å². The van der Waals surface area contributed by atoms with Gasteiger partial charge in [-0.2, -0.15) is 4.31 Å². The van der Waals surface area contributed by atoms with E-state index in [1.165, 1.54) is 16.4 Å². The van der Waals surface area contributed by atoms with E-state index in [1.54, 1.807) is 30.9 Å². The molecule has 1 saturated heterocycles. The Morgan fingerprint density at radius 1 is 1.14 bits per heavy atom. The first kappa shape index (κ1) is 23.3. The lowest BCUT2D eigenvalue weighted by Crippen LogP contribution is -3.15. The summed E-state index contributed by atoms with van der Waals surface area (Å²) in [5.74, 6) is -0.132. The van der Waals surface area contributed by atoms with Gasteiger partial charge in [0, 0.05) is 25.2 Å². The maximum absolute atomic E-state index is 12.9. The summed E-state index contributed by atoms with van der Waals surface area (Å²) in [7, 11) is -3.60. The molecule has 1 aliphatic rings. The number of nitrogens with one attached hydrogen (secondary N) is 2. The SMILES string of the molecule is CCCNC(=O)C[NH+]1CCN(C(=O)c2cccc(S(=O)(=O)N(CC)CC)c2)CC1.